The quantitative estimate of drug-likeness (QED) is 0.723. The fourth-order valence-corrected chi connectivity index (χ4v) is 2.14. The van der Waals surface area contributed by atoms with Gasteiger partial charge in [-0.15, -0.1) is 0 Å². The van der Waals surface area contributed by atoms with E-state index in [2.05, 4.69) is 34.4 Å². The molecule has 0 saturated carbocycles. The zero-order chi connectivity index (χ0) is 14.6. The Kier molecular flexibility index (Phi) is 4.44. The average molecular weight is 277 g/mol. The predicted octanol–water partition coefficient (Wildman–Crippen LogP) is 2.12. The minimum absolute atomic E-state index is 0.148. The van der Waals surface area contributed by atoms with Crippen molar-refractivity contribution in [2.24, 2.45) is 0 Å². The summed E-state index contributed by atoms with van der Waals surface area (Å²) >= 11 is 0. The number of hydrogen-bond acceptors (Lipinski definition) is 5. The third-order valence-electron chi connectivity index (χ3n) is 3.60. The van der Waals surface area contributed by atoms with Crippen LogP contribution >= 0.6 is 0 Å². The monoisotopic (exact) mass is 277 g/mol. The van der Waals surface area contributed by atoms with Crippen LogP contribution in [-0.4, -0.2) is 38.2 Å². The molecule has 1 atom stereocenters. The average Bonchev–Trinajstić information content (AvgIpc) is 2.88. The Hall–Kier alpha value is -1.82. The zero-order valence-electron chi connectivity index (χ0n) is 12.3. The van der Waals surface area contributed by atoms with Gasteiger partial charge >= 0.3 is 0 Å². The molecule has 6 nitrogen and oxygen atoms in total. The Morgan fingerprint density at radius 2 is 2.20 bits per heavy atom. The molecule has 1 unspecified atom stereocenters. The van der Waals surface area contributed by atoms with Gasteiger partial charge in [0.15, 0.2) is 11.5 Å². The molecule has 0 aliphatic carbocycles. The SMILES string of the molecule is CCNc1cn2ccnc2c(NC(C)(CC)CCO)n1. The number of nitrogens with zero attached hydrogens (tertiary/aromatic N) is 3. The predicted molar refractivity (Wildman–Crippen MR) is 81.2 cm³/mol. The Morgan fingerprint density at radius 1 is 1.40 bits per heavy atom. The Bertz CT molecular complexity index is 568. The van der Waals surface area contributed by atoms with Crippen LogP contribution in [0, 0.1) is 0 Å². The van der Waals surface area contributed by atoms with E-state index in [1.165, 1.54) is 0 Å². The Morgan fingerprint density at radius 3 is 2.85 bits per heavy atom. The van der Waals surface area contributed by atoms with Crippen LogP contribution in [0.5, 0.6) is 0 Å². The van der Waals surface area contributed by atoms with Crippen LogP contribution in [0.2, 0.25) is 0 Å². The maximum atomic E-state index is 9.23. The molecule has 0 saturated heterocycles. The molecule has 3 N–H and O–H groups in total. The van der Waals surface area contributed by atoms with Crippen LogP contribution in [0.1, 0.15) is 33.6 Å². The molecule has 0 aromatic carbocycles. The highest BCUT2D eigenvalue weighted by Crippen LogP contribution is 2.24. The van der Waals surface area contributed by atoms with Crippen LogP contribution in [-0.2, 0) is 0 Å². The summed E-state index contributed by atoms with van der Waals surface area (Å²) in [7, 11) is 0. The Labute approximate surface area is 119 Å². The van der Waals surface area contributed by atoms with E-state index in [4.69, 9.17) is 0 Å². The normalized spacial score (nSPS) is 14.2. The van der Waals surface area contributed by atoms with Crippen molar-refractivity contribution in [3.63, 3.8) is 0 Å². The summed E-state index contributed by atoms with van der Waals surface area (Å²) in [4.78, 5) is 8.94. The topological polar surface area (TPSA) is 74.5 Å². The number of rotatable bonds is 7. The van der Waals surface area contributed by atoms with E-state index in [0.29, 0.717) is 6.42 Å². The third kappa shape index (κ3) is 3.01. The third-order valence-corrected chi connectivity index (χ3v) is 3.60. The summed E-state index contributed by atoms with van der Waals surface area (Å²) in [6.45, 7) is 7.18. The second-order valence-electron chi connectivity index (χ2n) is 5.18. The van der Waals surface area contributed by atoms with Gasteiger partial charge in [-0.25, -0.2) is 9.97 Å². The van der Waals surface area contributed by atoms with Crippen LogP contribution in [0.25, 0.3) is 5.65 Å². The molecule has 2 heterocycles. The first-order valence-corrected chi connectivity index (χ1v) is 7.08. The second-order valence-corrected chi connectivity index (χ2v) is 5.18. The van der Waals surface area contributed by atoms with Gasteiger partial charge in [0, 0.05) is 31.1 Å². The fraction of sp³-hybridized carbons (Fsp3) is 0.571. The van der Waals surface area contributed by atoms with E-state index in [1.54, 1.807) is 6.20 Å². The van der Waals surface area contributed by atoms with Crippen molar-refractivity contribution in [2.45, 2.75) is 39.2 Å². The van der Waals surface area contributed by atoms with E-state index >= 15 is 0 Å². The van der Waals surface area contributed by atoms with Crippen molar-refractivity contribution in [3.05, 3.63) is 18.6 Å². The van der Waals surface area contributed by atoms with Gasteiger partial charge < -0.3 is 20.1 Å². The van der Waals surface area contributed by atoms with Gasteiger partial charge in [-0.1, -0.05) is 6.92 Å². The van der Waals surface area contributed by atoms with Gasteiger partial charge in [0.05, 0.1) is 6.20 Å². The van der Waals surface area contributed by atoms with Crippen molar-refractivity contribution < 1.29 is 5.11 Å². The van der Waals surface area contributed by atoms with Crippen molar-refractivity contribution in [3.8, 4) is 0 Å². The molecular weight excluding hydrogens is 254 g/mol. The molecule has 20 heavy (non-hydrogen) atoms. The molecule has 2 aromatic rings. The van der Waals surface area contributed by atoms with Crippen molar-refractivity contribution in [1.82, 2.24) is 14.4 Å². The lowest BCUT2D eigenvalue weighted by Crippen LogP contribution is -2.35. The molecule has 0 amide bonds. The number of aliphatic hydroxyl groups excluding tert-OH is 1. The van der Waals surface area contributed by atoms with Crippen LogP contribution < -0.4 is 10.6 Å². The van der Waals surface area contributed by atoms with Crippen LogP contribution in [0.4, 0.5) is 11.6 Å². The first-order chi connectivity index (χ1) is 9.61. The summed E-state index contributed by atoms with van der Waals surface area (Å²) < 4.78 is 1.95. The van der Waals surface area contributed by atoms with Gasteiger partial charge in [-0.2, -0.15) is 0 Å². The molecular formula is C14H23N5O. The highest BCUT2D eigenvalue weighted by atomic mass is 16.3. The standard InChI is InChI=1S/C14H23N5O/c1-4-14(3,6-9-20)18-12-13-16-7-8-19(13)10-11(17-12)15-5-2/h7-8,10,15,20H,4-6,9H2,1-3H3,(H,17,18). The van der Waals surface area contributed by atoms with Gasteiger partial charge in [-0.05, 0) is 26.7 Å². The number of aromatic nitrogens is 3. The maximum Gasteiger partial charge on any atom is 0.180 e. The Balaban J connectivity index is 2.38. The zero-order valence-corrected chi connectivity index (χ0v) is 12.3. The van der Waals surface area contributed by atoms with Gasteiger partial charge in [0.1, 0.15) is 5.82 Å². The number of aliphatic hydroxyl groups is 1. The summed E-state index contributed by atoms with van der Waals surface area (Å²) in [6.07, 6.45) is 7.15. The number of nitrogens with one attached hydrogen (secondary N) is 2. The number of fused-ring (bicyclic) bond motifs is 1. The van der Waals surface area contributed by atoms with E-state index in [0.717, 1.165) is 30.2 Å². The lowest BCUT2D eigenvalue weighted by molar-refractivity contribution is 0.252. The number of imidazole rings is 1. The number of hydrogen-bond donors (Lipinski definition) is 3. The maximum absolute atomic E-state index is 9.23. The van der Waals surface area contributed by atoms with E-state index < -0.39 is 0 Å². The molecule has 0 aliphatic heterocycles. The van der Waals surface area contributed by atoms with Crippen molar-refractivity contribution in [2.75, 3.05) is 23.8 Å². The molecule has 0 radical (unpaired) electrons. The molecule has 0 fully saturated rings. The number of anilines is 2. The molecule has 110 valence electrons. The minimum atomic E-state index is -0.195. The van der Waals surface area contributed by atoms with E-state index in [-0.39, 0.29) is 12.1 Å². The molecule has 6 heteroatoms. The van der Waals surface area contributed by atoms with E-state index in [1.807, 2.05) is 23.7 Å². The summed E-state index contributed by atoms with van der Waals surface area (Å²) in [5.74, 6) is 1.55. The lowest BCUT2D eigenvalue weighted by Gasteiger charge is -2.29. The second kappa shape index (κ2) is 6.09. The molecule has 0 aliphatic rings. The van der Waals surface area contributed by atoms with Crippen LogP contribution in [0.15, 0.2) is 18.6 Å². The molecule has 2 aromatic heterocycles. The summed E-state index contributed by atoms with van der Waals surface area (Å²) in [6, 6.07) is 0. The van der Waals surface area contributed by atoms with Crippen molar-refractivity contribution in [1.29, 1.82) is 0 Å². The smallest absolute Gasteiger partial charge is 0.180 e. The highest BCUT2D eigenvalue weighted by molar-refractivity contribution is 5.66. The van der Waals surface area contributed by atoms with Crippen molar-refractivity contribution >= 4 is 17.3 Å². The lowest BCUT2D eigenvalue weighted by atomic mass is 9.95. The summed E-state index contributed by atoms with van der Waals surface area (Å²) in [5, 5.41) is 15.9. The van der Waals surface area contributed by atoms with Gasteiger partial charge in [-0.3, -0.25) is 0 Å². The van der Waals surface area contributed by atoms with Crippen LogP contribution in [0.3, 0.4) is 0 Å². The van der Waals surface area contributed by atoms with Gasteiger partial charge in [0.2, 0.25) is 0 Å². The van der Waals surface area contributed by atoms with Gasteiger partial charge in [0.25, 0.3) is 0 Å². The fourth-order valence-electron chi connectivity index (χ4n) is 2.14. The first-order valence-electron chi connectivity index (χ1n) is 7.08. The minimum Gasteiger partial charge on any atom is -0.396 e. The molecule has 2 rings (SSSR count). The molecule has 0 bridgehead atoms. The largest absolute Gasteiger partial charge is 0.396 e. The highest BCUT2D eigenvalue weighted by Gasteiger charge is 2.23. The summed E-state index contributed by atoms with van der Waals surface area (Å²) in [5.41, 5.74) is 0.600. The first kappa shape index (κ1) is 14.6. The molecule has 0 spiro atoms. The van der Waals surface area contributed by atoms with E-state index in [9.17, 15) is 5.11 Å².